The number of hydrogen-bond donors (Lipinski definition) is 2. The Bertz CT molecular complexity index is 442. The Morgan fingerprint density at radius 3 is 2.47 bits per heavy atom. The molecule has 1 aliphatic rings. The van der Waals surface area contributed by atoms with Gasteiger partial charge in [-0.15, -0.1) is 0 Å². The Kier molecular flexibility index (Phi) is 4.39. The largest absolute Gasteiger partial charge is 0.508 e. The summed E-state index contributed by atoms with van der Waals surface area (Å²) in [6.07, 6.45) is 0. The third-order valence-corrected chi connectivity index (χ3v) is 3.70. The molecule has 0 aliphatic carbocycles. The van der Waals surface area contributed by atoms with Crippen LogP contribution >= 0.6 is 0 Å². The van der Waals surface area contributed by atoms with Crippen molar-refractivity contribution in [2.45, 2.75) is 13.0 Å². The number of carboxylic acid groups (broad SMARTS) is 1. The first-order valence-electron chi connectivity index (χ1n) is 6.54. The van der Waals surface area contributed by atoms with Gasteiger partial charge in [-0.2, -0.15) is 0 Å². The topological polar surface area (TPSA) is 64.0 Å². The molecule has 19 heavy (non-hydrogen) atoms. The maximum Gasteiger partial charge on any atom is 0.317 e. The molecule has 104 valence electrons. The number of piperazine rings is 1. The van der Waals surface area contributed by atoms with Crippen LogP contribution in [-0.2, 0) is 4.79 Å². The highest BCUT2D eigenvalue weighted by atomic mass is 16.4. The van der Waals surface area contributed by atoms with E-state index in [2.05, 4.69) is 11.8 Å². The van der Waals surface area contributed by atoms with Crippen molar-refractivity contribution in [1.29, 1.82) is 0 Å². The number of aromatic hydroxyl groups is 1. The zero-order valence-electron chi connectivity index (χ0n) is 11.1. The Balaban J connectivity index is 1.94. The number of aliphatic carboxylic acids is 1. The lowest BCUT2D eigenvalue weighted by atomic mass is 10.0. The van der Waals surface area contributed by atoms with E-state index in [9.17, 15) is 9.90 Å². The van der Waals surface area contributed by atoms with Gasteiger partial charge < -0.3 is 10.2 Å². The summed E-state index contributed by atoms with van der Waals surface area (Å²) in [6, 6.07) is 7.52. The first-order chi connectivity index (χ1) is 9.08. The van der Waals surface area contributed by atoms with E-state index in [1.54, 1.807) is 6.07 Å². The summed E-state index contributed by atoms with van der Waals surface area (Å²) >= 11 is 0. The minimum atomic E-state index is -0.776. The highest BCUT2D eigenvalue weighted by Gasteiger charge is 2.24. The third kappa shape index (κ3) is 3.45. The molecule has 0 aromatic heterocycles. The highest BCUT2D eigenvalue weighted by Crippen LogP contribution is 2.28. The van der Waals surface area contributed by atoms with Crippen LogP contribution in [0.3, 0.4) is 0 Å². The molecule has 1 aliphatic heterocycles. The predicted molar refractivity (Wildman–Crippen MR) is 72.2 cm³/mol. The Labute approximate surface area is 113 Å². The van der Waals surface area contributed by atoms with Crippen molar-refractivity contribution in [2.75, 3.05) is 32.7 Å². The molecule has 5 nitrogen and oxygen atoms in total. The van der Waals surface area contributed by atoms with Crippen LogP contribution in [0.5, 0.6) is 5.75 Å². The Morgan fingerprint density at radius 1 is 1.26 bits per heavy atom. The zero-order valence-corrected chi connectivity index (χ0v) is 11.1. The number of para-hydroxylation sites is 1. The number of nitrogens with zero attached hydrogens (tertiary/aromatic N) is 2. The van der Waals surface area contributed by atoms with Crippen LogP contribution in [0, 0.1) is 0 Å². The maximum absolute atomic E-state index is 10.7. The first kappa shape index (κ1) is 13.8. The van der Waals surface area contributed by atoms with Gasteiger partial charge >= 0.3 is 5.97 Å². The van der Waals surface area contributed by atoms with Crippen molar-refractivity contribution >= 4 is 5.97 Å². The first-order valence-corrected chi connectivity index (χ1v) is 6.54. The van der Waals surface area contributed by atoms with Crippen LogP contribution in [0.1, 0.15) is 18.5 Å². The molecule has 0 bridgehead atoms. The van der Waals surface area contributed by atoms with Crippen molar-refractivity contribution in [3.05, 3.63) is 29.8 Å². The molecule has 0 spiro atoms. The number of carbonyl (C=O) groups is 1. The van der Waals surface area contributed by atoms with Crippen LogP contribution in [-0.4, -0.2) is 58.7 Å². The third-order valence-electron chi connectivity index (χ3n) is 3.70. The summed E-state index contributed by atoms with van der Waals surface area (Å²) in [5.41, 5.74) is 0.925. The van der Waals surface area contributed by atoms with Crippen LogP contribution in [0.4, 0.5) is 0 Å². The molecule has 1 saturated heterocycles. The van der Waals surface area contributed by atoms with Gasteiger partial charge in [-0.05, 0) is 13.0 Å². The van der Waals surface area contributed by atoms with Crippen molar-refractivity contribution in [1.82, 2.24) is 9.80 Å². The van der Waals surface area contributed by atoms with Crippen LogP contribution in [0.2, 0.25) is 0 Å². The molecule has 5 heteroatoms. The molecule has 2 N–H and O–H groups in total. The molecule has 1 unspecified atom stereocenters. The molecular formula is C14H20N2O3. The molecule has 0 radical (unpaired) electrons. The normalized spacial score (nSPS) is 19.2. The zero-order chi connectivity index (χ0) is 13.8. The van der Waals surface area contributed by atoms with E-state index >= 15 is 0 Å². The van der Waals surface area contributed by atoms with Crippen molar-refractivity contribution < 1.29 is 15.0 Å². The number of hydrogen-bond acceptors (Lipinski definition) is 4. The Morgan fingerprint density at radius 2 is 1.89 bits per heavy atom. The minimum Gasteiger partial charge on any atom is -0.508 e. The van der Waals surface area contributed by atoms with Crippen LogP contribution in [0.25, 0.3) is 0 Å². The quantitative estimate of drug-likeness (QED) is 0.854. The molecule has 1 heterocycles. The summed E-state index contributed by atoms with van der Waals surface area (Å²) in [5, 5.41) is 18.6. The predicted octanol–water partition coefficient (Wildman–Crippen LogP) is 1.16. The van der Waals surface area contributed by atoms with E-state index in [4.69, 9.17) is 5.11 Å². The fourth-order valence-electron chi connectivity index (χ4n) is 2.54. The molecular weight excluding hydrogens is 244 g/mol. The second kappa shape index (κ2) is 6.04. The van der Waals surface area contributed by atoms with Gasteiger partial charge in [0.15, 0.2) is 0 Å². The molecule has 0 saturated carbocycles. The lowest BCUT2D eigenvalue weighted by Gasteiger charge is -2.37. The average Bonchev–Trinajstić information content (AvgIpc) is 2.39. The summed E-state index contributed by atoms with van der Waals surface area (Å²) in [6.45, 7) is 5.33. The average molecular weight is 264 g/mol. The smallest absolute Gasteiger partial charge is 0.317 e. The van der Waals surface area contributed by atoms with Crippen LogP contribution < -0.4 is 0 Å². The van der Waals surface area contributed by atoms with Crippen molar-refractivity contribution in [3.63, 3.8) is 0 Å². The number of benzene rings is 1. The van der Waals surface area contributed by atoms with Gasteiger partial charge in [-0.3, -0.25) is 14.6 Å². The van der Waals surface area contributed by atoms with E-state index in [0.717, 1.165) is 31.7 Å². The van der Waals surface area contributed by atoms with Gasteiger partial charge in [0.1, 0.15) is 5.75 Å². The van der Waals surface area contributed by atoms with Gasteiger partial charge in [-0.1, -0.05) is 18.2 Å². The minimum absolute atomic E-state index is 0.110. The highest BCUT2D eigenvalue weighted by molar-refractivity contribution is 5.69. The molecule has 1 aromatic carbocycles. The van der Waals surface area contributed by atoms with Gasteiger partial charge in [0.2, 0.25) is 0 Å². The van der Waals surface area contributed by atoms with Crippen molar-refractivity contribution in [2.24, 2.45) is 0 Å². The monoisotopic (exact) mass is 264 g/mol. The fraction of sp³-hybridized carbons (Fsp3) is 0.500. The summed E-state index contributed by atoms with van der Waals surface area (Å²) in [7, 11) is 0. The maximum atomic E-state index is 10.7. The van der Waals surface area contributed by atoms with E-state index in [1.165, 1.54) is 0 Å². The second-order valence-electron chi connectivity index (χ2n) is 4.94. The van der Waals surface area contributed by atoms with Gasteiger partial charge in [0.25, 0.3) is 0 Å². The lowest BCUT2D eigenvalue weighted by Crippen LogP contribution is -2.48. The van der Waals surface area contributed by atoms with Crippen molar-refractivity contribution in [3.8, 4) is 5.75 Å². The van der Waals surface area contributed by atoms with Gasteiger partial charge in [0, 0.05) is 37.8 Å². The number of phenolic OH excluding ortho intramolecular Hbond substituents is 1. The van der Waals surface area contributed by atoms with E-state index < -0.39 is 5.97 Å². The summed E-state index contributed by atoms with van der Waals surface area (Å²) in [4.78, 5) is 14.9. The molecule has 0 amide bonds. The molecule has 1 aromatic rings. The molecule has 1 fully saturated rings. The molecule has 2 rings (SSSR count). The van der Waals surface area contributed by atoms with E-state index in [1.807, 2.05) is 23.1 Å². The standard InChI is InChI=1S/C14H20N2O3/c1-11(12-4-2-3-5-13(12)17)16-8-6-15(7-9-16)10-14(18)19/h2-5,11,17H,6-10H2,1H3,(H,18,19). The summed E-state index contributed by atoms with van der Waals surface area (Å²) in [5.74, 6) is -0.454. The number of carboxylic acids is 1. The van der Waals surface area contributed by atoms with Gasteiger partial charge in [0.05, 0.1) is 6.54 Å². The van der Waals surface area contributed by atoms with E-state index in [-0.39, 0.29) is 12.6 Å². The number of rotatable bonds is 4. The summed E-state index contributed by atoms with van der Waals surface area (Å²) < 4.78 is 0. The SMILES string of the molecule is CC(c1ccccc1O)N1CCN(CC(=O)O)CC1. The van der Waals surface area contributed by atoms with Crippen LogP contribution in [0.15, 0.2) is 24.3 Å². The number of phenols is 1. The van der Waals surface area contributed by atoms with Gasteiger partial charge in [-0.25, -0.2) is 0 Å². The lowest BCUT2D eigenvalue weighted by molar-refractivity contribution is -0.138. The van der Waals surface area contributed by atoms with E-state index in [0.29, 0.717) is 5.75 Å². The fourth-order valence-corrected chi connectivity index (χ4v) is 2.54. The Hall–Kier alpha value is -1.59. The molecule has 1 atom stereocenters. The second-order valence-corrected chi connectivity index (χ2v) is 4.94.